The molecule has 0 saturated carbocycles. The zero-order valence-electron chi connectivity index (χ0n) is 16.5. The lowest BCUT2D eigenvalue weighted by atomic mass is 10.1. The second-order valence-corrected chi connectivity index (χ2v) is 10.1. The van der Waals surface area contributed by atoms with Gasteiger partial charge in [-0.3, -0.25) is 9.67 Å². The van der Waals surface area contributed by atoms with E-state index in [1.54, 1.807) is 27.1 Å². The predicted molar refractivity (Wildman–Crippen MR) is 123 cm³/mol. The average Bonchev–Trinajstić information content (AvgIpc) is 3.13. The Morgan fingerprint density at radius 3 is 2.57 bits per heavy atom. The lowest BCUT2D eigenvalue weighted by Gasteiger charge is -2.39. The number of aliphatic imine (C=N–C) groups is 1. The molecule has 9 heteroatoms. The van der Waals surface area contributed by atoms with Crippen LogP contribution in [0, 0.1) is 0 Å². The maximum Gasteiger partial charge on any atom is 0.193 e. The zero-order chi connectivity index (χ0) is 19.5. The standard InChI is InChI=1S/C19H27N5O2S.HI/c1-19(2)15-23(11-12-27(19,25)26)18(20-3)21-13-16-7-4-5-8-17(16)14-24-10-6-9-22-24;/h4-10H,11-15H2,1-3H3,(H,20,21);1H. The van der Waals surface area contributed by atoms with Crippen LogP contribution in [0.15, 0.2) is 47.7 Å². The second kappa shape index (κ2) is 9.25. The first-order valence-corrected chi connectivity index (χ1v) is 10.7. The molecule has 28 heavy (non-hydrogen) atoms. The van der Waals surface area contributed by atoms with E-state index in [0.29, 0.717) is 26.2 Å². The van der Waals surface area contributed by atoms with E-state index in [9.17, 15) is 8.42 Å². The van der Waals surface area contributed by atoms with Crippen molar-refractivity contribution in [1.29, 1.82) is 0 Å². The molecule has 1 aliphatic rings. The summed E-state index contributed by atoms with van der Waals surface area (Å²) in [7, 11) is -1.34. The number of hydrogen-bond acceptors (Lipinski definition) is 4. The Bertz CT molecular complexity index is 910. The molecule has 0 spiro atoms. The summed E-state index contributed by atoms with van der Waals surface area (Å²) in [6.07, 6.45) is 3.72. The van der Waals surface area contributed by atoms with Crippen molar-refractivity contribution >= 4 is 39.8 Å². The zero-order valence-corrected chi connectivity index (χ0v) is 19.6. The van der Waals surface area contributed by atoms with Crippen LogP contribution in [-0.2, 0) is 22.9 Å². The van der Waals surface area contributed by atoms with Crippen molar-refractivity contribution in [2.75, 3.05) is 25.9 Å². The van der Waals surface area contributed by atoms with Crippen LogP contribution in [0.3, 0.4) is 0 Å². The molecule has 1 saturated heterocycles. The highest BCUT2D eigenvalue weighted by atomic mass is 127. The quantitative estimate of drug-likeness (QED) is 0.382. The van der Waals surface area contributed by atoms with Crippen molar-refractivity contribution in [1.82, 2.24) is 20.0 Å². The summed E-state index contributed by atoms with van der Waals surface area (Å²) in [5.74, 6) is 0.878. The van der Waals surface area contributed by atoms with Gasteiger partial charge in [0.1, 0.15) is 0 Å². The SMILES string of the molecule is CN=C(NCc1ccccc1Cn1cccn1)N1CCS(=O)(=O)C(C)(C)C1.I. The van der Waals surface area contributed by atoms with Crippen molar-refractivity contribution in [3.05, 3.63) is 53.9 Å². The van der Waals surface area contributed by atoms with E-state index < -0.39 is 14.6 Å². The molecule has 7 nitrogen and oxygen atoms in total. The third-order valence-electron chi connectivity index (χ3n) is 5.00. The van der Waals surface area contributed by atoms with Crippen molar-refractivity contribution in [3.8, 4) is 0 Å². The molecule has 1 aromatic heterocycles. The van der Waals surface area contributed by atoms with Gasteiger partial charge in [0.05, 0.1) is 17.0 Å². The Morgan fingerprint density at radius 2 is 1.96 bits per heavy atom. The number of nitrogens with zero attached hydrogens (tertiary/aromatic N) is 4. The highest BCUT2D eigenvalue weighted by Crippen LogP contribution is 2.23. The van der Waals surface area contributed by atoms with Crippen molar-refractivity contribution in [3.63, 3.8) is 0 Å². The second-order valence-electron chi connectivity index (χ2n) is 7.37. The number of sulfone groups is 1. The highest BCUT2D eigenvalue weighted by molar-refractivity contribution is 14.0. The summed E-state index contributed by atoms with van der Waals surface area (Å²) in [6, 6.07) is 10.1. The van der Waals surface area contributed by atoms with E-state index in [-0.39, 0.29) is 29.7 Å². The molecule has 0 bridgehead atoms. The fourth-order valence-corrected chi connectivity index (χ4v) is 4.65. The number of aromatic nitrogens is 2. The molecule has 154 valence electrons. The third-order valence-corrected chi connectivity index (χ3v) is 7.53. The Morgan fingerprint density at radius 1 is 1.25 bits per heavy atom. The first-order valence-electron chi connectivity index (χ1n) is 9.04. The molecule has 0 unspecified atom stereocenters. The maximum absolute atomic E-state index is 12.2. The molecule has 1 fully saturated rings. The predicted octanol–water partition coefficient (Wildman–Crippen LogP) is 2.13. The first-order chi connectivity index (χ1) is 12.8. The Hall–Kier alpha value is -1.62. The number of hydrogen-bond donors (Lipinski definition) is 1. The topological polar surface area (TPSA) is 79.6 Å². The van der Waals surface area contributed by atoms with Crippen LogP contribution < -0.4 is 5.32 Å². The summed E-state index contributed by atoms with van der Waals surface area (Å²) >= 11 is 0. The Labute approximate surface area is 184 Å². The van der Waals surface area contributed by atoms with E-state index in [1.807, 2.05) is 34.0 Å². The van der Waals surface area contributed by atoms with Crippen molar-refractivity contribution < 1.29 is 8.42 Å². The van der Waals surface area contributed by atoms with Gasteiger partial charge in [0.25, 0.3) is 0 Å². The van der Waals surface area contributed by atoms with E-state index >= 15 is 0 Å². The molecule has 0 amide bonds. The van der Waals surface area contributed by atoms with Gasteiger partial charge in [-0.2, -0.15) is 5.10 Å². The molecule has 0 aliphatic carbocycles. The number of rotatable bonds is 4. The summed E-state index contributed by atoms with van der Waals surface area (Å²) in [4.78, 5) is 6.39. The minimum atomic E-state index is -3.07. The van der Waals surface area contributed by atoms with Crippen LogP contribution in [0.5, 0.6) is 0 Å². The number of guanidine groups is 1. The summed E-state index contributed by atoms with van der Waals surface area (Å²) < 4.78 is 25.6. The first kappa shape index (κ1) is 22.7. The molecule has 0 atom stereocenters. The minimum absolute atomic E-state index is 0. The summed E-state index contributed by atoms with van der Waals surface area (Å²) in [6.45, 7) is 5.78. The van der Waals surface area contributed by atoms with Gasteiger partial charge in [0, 0.05) is 39.1 Å². The lowest BCUT2D eigenvalue weighted by molar-refractivity contribution is 0.353. The molecule has 1 aromatic carbocycles. The fourth-order valence-electron chi connectivity index (χ4n) is 3.28. The number of halogens is 1. The van der Waals surface area contributed by atoms with E-state index in [0.717, 1.165) is 11.5 Å². The molecule has 2 aromatic rings. The summed E-state index contributed by atoms with van der Waals surface area (Å²) in [5, 5.41) is 7.67. The molecule has 1 aliphatic heterocycles. The Kier molecular flexibility index (Phi) is 7.49. The highest BCUT2D eigenvalue weighted by Gasteiger charge is 2.40. The van der Waals surface area contributed by atoms with Gasteiger partial charge in [-0.05, 0) is 31.0 Å². The van der Waals surface area contributed by atoms with Gasteiger partial charge in [-0.25, -0.2) is 8.42 Å². The van der Waals surface area contributed by atoms with Crippen molar-refractivity contribution in [2.45, 2.75) is 31.7 Å². The number of nitrogens with one attached hydrogen (secondary N) is 1. The molecule has 2 heterocycles. The fraction of sp³-hybridized carbons (Fsp3) is 0.474. The molecule has 3 rings (SSSR count). The van der Waals surface area contributed by atoms with Gasteiger partial charge < -0.3 is 10.2 Å². The van der Waals surface area contributed by atoms with Gasteiger partial charge in [-0.15, -0.1) is 24.0 Å². The molecule has 0 radical (unpaired) electrons. The van der Waals surface area contributed by atoms with Crippen LogP contribution in [0.25, 0.3) is 0 Å². The van der Waals surface area contributed by atoms with E-state index in [2.05, 4.69) is 27.5 Å². The molecular weight excluding hydrogens is 489 g/mol. The third kappa shape index (κ3) is 5.05. The van der Waals surface area contributed by atoms with E-state index in [4.69, 9.17) is 0 Å². The Balaban J connectivity index is 0.00000280. The van der Waals surface area contributed by atoms with Gasteiger partial charge in [0.2, 0.25) is 0 Å². The van der Waals surface area contributed by atoms with Crippen molar-refractivity contribution in [2.24, 2.45) is 4.99 Å². The smallest absolute Gasteiger partial charge is 0.193 e. The molecular formula is C19H28IN5O2S. The summed E-state index contributed by atoms with van der Waals surface area (Å²) in [5.41, 5.74) is 2.35. The largest absolute Gasteiger partial charge is 0.352 e. The normalized spacial score (nSPS) is 18.4. The van der Waals surface area contributed by atoms with Crippen LogP contribution in [0.1, 0.15) is 25.0 Å². The van der Waals surface area contributed by atoms with Crippen LogP contribution in [0.4, 0.5) is 0 Å². The molecule has 1 N–H and O–H groups in total. The van der Waals surface area contributed by atoms with Gasteiger partial charge >= 0.3 is 0 Å². The maximum atomic E-state index is 12.2. The van der Waals surface area contributed by atoms with Gasteiger partial charge in [-0.1, -0.05) is 24.3 Å². The average molecular weight is 517 g/mol. The van der Waals surface area contributed by atoms with Crippen LogP contribution in [-0.4, -0.2) is 59.7 Å². The van der Waals surface area contributed by atoms with Gasteiger partial charge in [0.15, 0.2) is 15.8 Å². The van der Waals surface area contributed by atoms with E-state index in [1.165, 1.54) is 5.56 Å². The minimum Gasteiger partial charge on any atom is -0.352 e. The monoisotopic (exact) mass is 517 g/mol. The lowest BCUT2D eigenvalue weighted by Crippen LogP contribution is -2.57. The van der Waals surface area contributed by atoms with Crippen LogP contribution in [0.2, 0.25) is 0 Å². The number of benzene rings is 1. The van der Waals surface area contributed by atoms with Crippen LogP contribution >= 0.6 is 24.0 Å².